The fraction of sp³-hybridized carbons (Fsp3) is 0.444. The third kappa shape index (κ3) is 3.92. The van der Waals surface area contributed by atoms with Crippen molar-refractivity contribution in [3.05, 3.63) is 53.2 Å². The number of aromatic nitrogens is 2. The van der Waals surface area contributed by atoms with Gasteiger partial charge in [0, 0.05) is 18.7 Å². The molecule has 2 aromatic rings. The standard InChI is InChI=1S/C18H20F3N3O/c1-11(18-14(20)3-4-17(23-18)25-2)24-6-5-12(10-24)7-16-15(21)8-13(19)9-22-16/h3-4,8-9,11-12H,5-7,10H2,1-2H3/t11-,12-/m1/s1. The van der Waals surface area contributed by atoms with Crippen LogP contribution in [0.15, 0.2) is 24.4 Å². The lowest BCUT2D eigenvalue weighted by atomic mass is 10.0. The maximum Gasteiger partial charge on any atom is 0.213 e. The van der Waals surface area contributed by atoms with Crippen molar-refractivity contribution in [2.75, 3.05) is 20.2 Å². The summed E-state index contributed by atoms with van der Waals surface area (Å²) in [5.74, 6) is -1.11. The number of halogens is 3. The summed E-state index contributed by atoms with van der Waals surface area (Å²) in [6, 6.07) is 3.48. The summed E-state index contributed by atoms with van der Waals surface area (Å²) >= 11 is 0. The average Bonchev–Trinajstić information content (AvgIpc) is 3.06. The Morgan fingerprint density at radius 3 is 2.80 bits per heavy atom. The average molecular weight is 351 g/mol. The summed E-state index contributed by atoms with van der Waals surface area (Å²) in [5.41, 5.74) is 0.609. The third-order valence-corrected chi connectivity index (χ3v) is 4.68. The smallest absolute Gasteiger partial charge is 0.213 e. The zero-order valence-corrected chi connectivity index (χ0v) is 14.2. The van der Waals surface area contributed by atoms with Gasteiger partial charge in [0.1, 0.15) is 17.5 Å². The molecule has 134 valence electrons. The van der Waals surface area contributed by atoms with E-state index < -0.39 is 11.6 Å². The van der Waals surface area contributed by atoms with Crippen molar-refractivity contribution in [2.45, 2.75) is 25.8 Å². The van der Waals surface area contributed by atoms with Gasteiger partial charge < -0.3 is 4.74 Å². The Bertz CT molecular complexity index is 756. The van der Waals surface area contributed by atoms with Gasteiger partial charge in [-0.05, 0) is 38.3 Å². The van der Waals surface area contributed by atoms with Gasteiger partial charge >= 0.3 is 0 Å². The van der Waals surface area contributed by atoms with Crippen LogP contribution in [0.2, 0.25) is 0 Å². The van der Waals surface area contributed by atoms with Gasteiger partial charge in [-0.25, -0.2) is 18.2 Å². The number of methoxy groups -OCH3 is 1. The Hall–Kier alpha value is -2.15. The van der Waals surface area contributed by atoms with Crippen molar-refractivity contribution in [1.29, 1.82) is 0 Å². The summed E-state index contributed by atoms with van der Waals surface area (Å²) in [5, 5.41) is 0. The number of hydrogen-bond donors (Lipinski definition) is 0. The molecule has 1 saturated heterocycles. The molecule has 1 aliphatic heterocycles. The predicted octanol–water partition coefficient (Wildman–Crippen LogP) is 3.53. The molecule has 0 spiro atoms. The molecule has 0 amide bonds. The molecule has 4 nitrogen and oxygen atoms in total. The molecule has 3 heterocycles. The predicted molar refractivity (Wildman–Crippen MR) is 86.7 cm³/mol. The van der Waals surface area contributed by atoms with E-state index in [2.05, 4.69) is 14.9 Å². The monoisotopic (exact) mass is 351 g/mol. The molecule has 25 heavy (non-hydrogen) atoms. The molecule has 3 rings (SSSR count). The van der Waals surface area contributed by atoms with E-state index in [1.165, 1.54) is 19.2 Å². The van der Waals surface area contributed by atoms with E-state index in [1.807, 2.05) is 6.92 Å². The van der Waals surface area contributed by atoms with E-state index in [1.54, 1.807) is 0 Å². The van der Waals surface area contributed by atoms with Crippen molar-refractivity contribution >= 4 is 0 Å². The highest BCUT2D eigenvalue weighted by molar-refractivity contribution is 5.20. The van der Waals surface area contributed by atoms with E-state index in [0.717, 1.165) is 25.2 Å². The zero-order valence-electron chi connectivity index (χ0n) is 14.2. The molecule has 0 saturated carbocycles. The fourth-order valence-corrected chi connectivity index (χ4v) is 3.27. The summed E-state index contributed by atoms with van der Waals surface area (Å²) in [6.45, 7) is 3.33. The lowest BCUT2D eigenvalue weighted by Crippen LogP contribution is -2.26. The molecule has 1 fully saturated rings. The molecule has 0 N–H and O–H groups in total. The number of rotatable bonds is 5. The first kappa shape index (κ1) is 17.7. The van der Waals surface area contributed by atoms with Crippen molar-refractivity contribution in [3.8, 4) is 5.88 Å². The van der Waals surface area contributed by atoms with Gasteiger partial charge in [-0.2, -0.15) is 0 Å². The van der Waals surface area contributed by atoms with Crippen molar-refractivity contribution in [3.63, 3.8) is 0 Å². The zero-order chi connectivity index (χ0) is 18.0. The second-order valence-corrected chi connectivity index (χ2v) is 6.33. The molecular weight excluding hydrogens is 331 g/mol. The van der Waals surface area contributed by atoms with Gasteiger partial charge in [-0.1, -0.05) is 0 Å². The van der Waals surface area contributed by atoms with E-state index >= 15 is 0 Å². The Labute approximate surface area is 144 Å². The quantitative estimate of drug-likeness (QED) is 0.826. The molecule has 1 aliphatic rings. The van der Waals surface area contributed by atoms with Crippen LogP contribution in [0.1, 0.15) is 30.8 Å². The number of pyridine rings is 2. The van der Waals surface area contributed by atoms with E-state index in [4.69, 9.17) is 4.74 Å². The van der Waals surface area contributed by atoms with Crippen molar-refractivity contribution in [1.82, 2.24) is 14.9 Å². The van der Waals surface area contributed by atoms with Crippen LogP contribution in [0.3, 0.4) is 0 Å². The number of likely N-dealkylation sites (tertiary alicyclic amines) is 1. The molecule has 0 aromatic carbocycles. The van der Waals surface area contributed by atoms with Crippen molar-refractivity contribution < 1.29 is 17.9 Å². The normalized spacial score (nSPS) is 19.2. The van der Waals surface area contributed by atoms with E-state index in [0.29, 0.717) is 24.5 Å². The first-order valence-corrected chi connectivity index (χ1v) is 8.22. The Balaban J connectivity index is 1.68. The molecule has 0 radical (unpaired) electrons. The minimum absolute atomic E-state index is 0.184. The minimum Gasteiger partial charge on any atom is -0.481 e. The molecule has 2 atom stereocenters. The highest BCUT2D eigenvalue weighted by Crippen LogP contribution is 2.30. The SMILES string of the molecule is COc1ccc(F)c([C@@H](C)N2CC[C@H](Cc3ncc(F)cc3F)C2)n1. The topological polar surface area (TPSA) is 38.2 Å². The van der Waals surface area contributed by atoms with Gasteiger partial charge in [0.05, 0.1) is 30.7 Å². The lowest BCUT2D eigenvalue weighted by Gasteiger charge is -2.24. The van der Waals surface area contributed by atoms with Crippen LogP contribution in [0, 0.1) is 23.4 Å². The van der Waals surface area contributed by atoms with Crippen molar-refractivity contribution in [2.24, 2.45) is 5.92 Å². The van der Waals surface area contributed by atoms with Gasteiger partial charge in [0.25, 0.3) is 0 Å². The van der Waals surface area contributed by atoms with Crippen LogP contribution in [0.4, 0.5) is 13.2 Å². The summed E-state index contributed by atoms with van der Waals surface area (Å²) in [4.78, 5) is 10.2. The molecular formula is C18H20F3N3O. The highest BCUT2D eigenvalue weighted by Gasteiger charge is 2.30. The van der Waals surface area contributed by atoms with Crippen LogP contribution in [0.5, 0.6) is 5.88 Å². The van der Waals surface area contributed by atoms with Crippen LogP contribution >= 0.6 is 0 Å². The van der Waals surface area contributed by atoms with E-state index in [9.17, 15) is 13.2 Å². The van der Waals surface area contributed by atoms with Crippen LogP contribution < -0.4 is 4.74 Å². The number of hydrogen-bond acceptors (Lipinski definition) is 4. The minimum atomic E-state index is -0.678. The Morgan fingerprint density at radius 2 is 2.08 bits per heavy atom. The van der Waals surface area contributed by atoms with Gasteiger partial charge in [0.2, 0.25) is 5.88 Å². The second kappa shape index (κ2) is 7.39. The molecule has 2 aromatic heterocycles. The summed E-state index contributed by atoms with van der Waals surface area (Å²) in [7, 11) is 1.49. The van der Waals surface area contributed by atoms with Gasteiger partial charge in [-0.3, -0.25) is 9.88 Å². The first-order valence-electron chi connectivity index (χ1n) is 8.22. The first-order chi connectivity index (χ1) is 12.0. The molecule has 0 bridgehead atoms. The van der Waals surface area contributed by atoms with Crippen LogP contribution in [-0.4, -0.2) is 35.1 Å². The molecule has 0 aliphatic carbocycles. The fourth-order valence-electron chi connectivity index (χ4n) is 3.27. The second-order valence-electron chi connectivity index (χ2n) is 6.33. The number of ether oxygens (including phenoxy) is 1. The van der Waals surface area contributed by atoms with E-state index in [-0.39, 0.29) is 23.5 Å². The number of nitrogens with zero attached hydrogens (tertiary/aromatic N) is 3. The third-order valence-electron chi connectivity index (χ3n) is 4.68. The molecule has 7 heteroatoms. The maximum atomic E-state index is 14.1. The maximum absolute atomic E-state index is 14.1. The largest absolute Gasteiger partial charge is 0.481 e. The van der Waals surface area contributed by atoms with Crippen LogP contribution in [0.25, 0.3) is 0 Å². The van der Waals surface area contributed by atoms with Gasteiger partial charge in [0.15, 0.2) is 0 Å². The Morgan fingerprint density at radius 1 is 1.28 bits per heavy atom. The molecule has 0 unspecified atom stereocenters. The van der Waals surface area contributed by atoms with Gasteiger partial charge in [-0.15, -0.1) is 0 Å². The van der Waals surface area contributed by atoms with Crippen LogP contribution in [-0.2, 0) is 6.42 Å². The Kier molecular flexibility index (Phi) is 5.22. The summed E-state index contributed by atoms with van der Waals surface area (Å²) in [6.07, 6.45) is 2.31. The highest BCUT2D eigenvalue weighted by atomic mass is 19.1. The summed E-state index contributed by atoms with van der Waals surface area (Å²) < 4.78 is 45.9. The lowest BCUT2D eigenvalue weighted by molar-refractivity contribution is 0.240.